The van der Waals surface area contributed by atoms with Crippen LogP contribution in [0.3, 0.4) is 0 Å². The highest BCUT2D eigenvalue weighted by atomic mass is 16.7. The Balaban J connectivity index is 1.38. The third kappa shape index (κ3) is 6.58. The first kappa shape index (κ1) is 32.6. The number of aromatic hydroxyl groups is 1. The van der Waals surface area contributed by atoms with Crippen LogP contribution < -0.4 is 26.1 Å². The van der Waals surface area contributed by atoms with E-state index in [-0.39, 0.29) is 22.4 Å². The van der Waals surface area contributed by atoms with Crippen LogP contribution in [-0.4, -0.2) is 58.7 Å². The van der Waals surface area contributed by atoms with Gasteiger partial charge in [0.1, 0.15) is 28.9 Å². The Labute approximate surface area is 264 Å². The number of hydrogen-bond acceptors (Lipinski definition) is 12. The van der Waals surface area contributed by atoms with E-state index in [0.29, 0.717) is 22.6 Å². The van der Waals surface area contributed by atoms with Crippen LogP contribution >= 0.6 is 0 Å². The van der Waals surface area contributed by atoms with E-state index < -0.39 is 53.9 Å². The molecule has 3 aromatic carbocycles. The number of ether oxygens (including phenoxy) is 5. The number of hydrogen-bond donors (Lipinski definition) is 5. The molecule has 5 atom stereocenters. The highest BCUT2D eigenvalue weighted by Crippen LogP contribution is 2.39. The second kappa shape index (κ2) is 12.9. The number of rotatable bonds is 9. The van der Waals surface area contributed by atoms with E-state index >= 15 is 0 Å². The molecule has 4 aromatic rings. The number of carbonyl (C=O) groups excluding carboxylic acids is 1. The van der Waals surface area contributed by atoms with Gasteiger partial charge in [0, 0.05) is 18.2 Å². The lowest BCUT2D eigenvalue weighted by atomic mass is 9.89. The molecule has 0 bridgehead atoms. The third-order valence-corrected chi connectivity index (χ3v) is 7.73. The smallest absolute Gasteiger partial charge is 0.404 e. The van der Waals surface area contributed by atoms with E-state index in [9.17, 15) is 24.9 Å². The average molecular weight is 637 g/mol. The van der Waals surface area contributed by atoms with Crippen molar-refractivity contribution < 1.29 is 48.2 Å². The van der Waals surface area contributed by atoms with Crippen LogP contribution in [0.2, 0.25) is 0 Å². The van der Waals surface area contributed by atoms with Gasteiger partial charge in [-0.1, -0.05) is 29.8 Å². The summed E-state index contributed by atoms with van der Waals surface area (Å²) in [6.07, 6.45) is -7.45. The topological polar surface area (TPSA) is 192 Å². The summed E-state index contributed by atoms with van der Waals surface area (Å²) in [5.41, 5.74) is 4.57. The number of methoxy groups -OCH3 is 1. The summed E-state index contributed by atoms with van der Waals surface area (Å²) in [6.45, 7) is 6.88. The Morgan fingerprint density at radius 2 is 1.78 bits per heavy atom. The first-order valence-electron chi connectivity index (χ1n) is 14.4. The Bertz CT molecular complexity index is 1790. The highest BCUT2D eigenvalue weighted by Gasteiger charge is 2.53. The summed E-state index contributed by atoms with van der Waals surface area (Å²) in [6, 6.07) is 17.0. The fourth-order valence-corrected chi connectivity index (χ4v) is 5.40. The van der Waals surface area contributed by atoms with Gasteiger partial charge in [-0.05, 0) is 64.1 Å². The molecule has 6 N–H and O–H groups in total. The van der Waals surface area contributed by atoms with Crippen molar-refractivity contribution in [3.63, 3.8) is 0 Å². The number of nitrogens with two attached hydrogens (primary N) is 1. The van der Waals surface area contributed by atoms with Crippen molar-refractivity contribution in [3.8, 4) is 23.0 Å². The zero-order valence-electron chi connectivity index (χ0n) is 25.8. The highest BCUT2D eigenvalue weighted by molar-refractivity contribution is 5.91. The molecular weight excluding hydrogens is 600 g/mol. The molecule has 1 unspecified atom stereocenters. The maximum absolute atomic E-state index is 13.1. The number of fused-ring (bicyclic) bond motifs is 1. The number of anilines is 1. The lowest BCUT2D eigenvalue weighted by molar-refractivity contribution is -0.304. The average Bonchev–Trinajstić information content (AvgIpc) is 3.00. The van der Waals surface area contributed by atoms with Crippen LogP contribution in [0.1, 0.15) is 36.8 Å². The van der Waals surface area contributed by atoms with Crippen molar-refractivity contribution >= 4 is 22.7 Å². The SMILES string of the molecule is CO[C@@H]1[C@@H](OC(N)=O)[C@@H](O)[C@H](Oc2ccc3c(O)c(NC(O)c4cccc(Oc5ccc(C)cc5)c4)c(=O)oc3c2C)OC1(C)C. The van der Waals surface area contributed by atoms with Gasteiger partial charge in [0.25, 0.3) is 0 Å². The molecule has 1 saturated heterocycles. The van der Waals surface area contributed by atoms with Crippen molar-refractivity contribution in [2.75, 3.05) is 12.4 Å². The minimum atomic E-state index is -1.50. The van der Waals surface area contributed by atoms with Gasteiger partial charge in [-0.15, -0.1) is 0 Å². The van der Waals surface area contributed by atoms with Gasteiger partial charge < -0.3 is 54.5 Å². The van der Waals surface area contributed by atoms with Gasteiger partial charge in [-0.3, -0.25) is 0 Å². The van der Waals surface area contributed by atoms with E-state index in [2.05, 4.69) is 5.32 Å². The van der Waals surface area contributed by atoms with E-state index in [0.717, 1.165) is 5.56 Å². The summed E-state index contributed by atoms with van der Waals surface area (Å²) in [4.78, 5) is 24.6. The number of primary amides is 1. The van der Waals surface area contributed by atoms with E-state index in [1.165, 1.54) is 19.2 Å². The number of nitrogens with one attached hydrogen (secondary N) is 1. The van der Waals surface area contributed by atoms with E-state index in [4.69, 9.17) is 33.8 Å². The number of amides is 1. The molecule has 5 rings (SSSR count). The van der Waals surface area contributed by atoms with Gasteiger partial charge in [0.2, 0.25) is 6.29 Å². The molecule has 1 aliphatic heterocycles. The minimum absolute atomic E-state index is 0.00204. The van der Waals surface area contributed by atoms with Crippen LogP contribution in [0.4, 0.5) is 10.5 Å². The predicted molar refractivity (Wildman–Crippen MR) is 166 cm³/mol. The van der Waals surface area contributed by atoms with Crippen molar-refractivity contribution in [1.29, 1.82) is 0 Å². The Morgan fingerprint density at radius 3 is 2.46 bits per heavy atom. The number of aliphatic hydroxyl groups excluding tert-OH is 2. The molecular formula is C33H36N2O11. The second-order valence-corrected chi connectivity index (χ2v) is 11.5. The second-order valence-electron chi connectivity index (χ2n) is 11.5. The Morgan fingerprint density at radius 1 is 1.07 bits per heavy atom. The van der Waals surface area contributed by atoms with Crippen molar-refractivity contribution in [3.05, 3.63) is 87.8 Å². The Kier molecular flexibility index (Phi) is 9.13. The van der Waals surface area contributed by atoms with E-state index in [1.54, 1.807) is 45.0 Å². The molecule has 13 heteroatoms. The molecule has 2 heterocycles. The fraction of sp³-hybridized carbons (Fsp3) is 0.333. The standard InChI is InChI=1S/C33H36N2O11/c1-16-9-11-19(12-10-16)42-20-8-6-7-18(15-20)29(38)35-23-24(36)21-13-14-22(17(2)26(21)44-30(23)39)43-31-25(37)27(45-32(34)40)28(41-5)33(3,4)46-31/h6-15,25,27-29,31,35-38H,1-5H3,(H2,34,40)/t25-,27+,28-,29?,31-/m1/s1. The number of aliphatic hydroxyl groups is 2. The van der Waals surface area contributed by atoms with Crippen LogP contribution in [0, 0.1) is 13.8 Å². The summed E-state index contributed by atoms with van der Waals surface area (Å²) >= 11 is 0. The lowest BCUT2D eigenvalue weighted by Gasteiger charge is -2.47. The van der Waals surface area contributed by atoms with Crippen molar-refractivity contribution in [2.24, 2.45) is 5.73 Å². The molecule has 244 valence electrons. The van der Waals surface area contributed by atoms with Gasteiger partial charge in [-0.25, -0.2) is 9.59 Å². The molecule has 0 aliphatic carbocycles. The predicted octanol–water partition coefficient (Wildman–Crippen LogP) is 4.36. The quantitative estimate of drug-likeness (QED) is 0.129. The lowest BCUT2D eigenvalue weighted by Crippen LogP contribution is -2.65. The van der Waals surface area contributed by atoms with Crippen LogP contribution in [0.15, 0.2) is 69.9 Å². The van der Waals surface area contributed by atoms with Crippen LogP contribution in [-0.2, 0) is 14.2 Å². The van der Waals surface area contributed by atoms with Crippen LogP contribution in [0.25, 0.3) is 11.0 Å². The van der Waals surface area contributed by atoms with Crippen molar-refractivity contribution in [2.45, 2.75) is 64.1 Å². The monoisotopic (exact) mass is 636 g/mol. The maximum atomic E-state index is 13.1. The third-order valence-electron chi connectivity index (χ3n) is 7.73. The van der Waals surface area contributed by atoms with Crippen molar-refractivity contribution in [1.82, 2.24) is 0 Å². The Hall–Kier alpha value is -4.82. The molecule has 1 aromatic heterocycles. The maximum Gasteiger partial charge on any atom is 0.404 e. The first-order valence-corrected chi connectivity index (χ1v) is 14.4. The van der Waals surface area contributed by atoms with Gasteiger partial charge in [-0.2, -0.15) is 0 Å². The largest absolute Gasteiger partial charge is 0.505 e. The van der Waals surface area contributed by atoms with Gasteiger partial charge in [0.15, 0.2) is 29.9 Å². The molecule has 1 amide bonds. The molecule has 0 spiro atoms. The molecule has 13 nitrogen and oxygen atoms in total. The zero-order valence-corrected chi connectivity index (χ0v) is 25.8. The van der Waals surface area contributed by atoms with Gasteiger partial charge >= 0.3 is 11.7 Å². The summed E-state index contributed by atoms with van der Waals surface area (Å²) < 4.78 is 33.9. The first-order chi connectivity index (χ1) is 21.8. The number of carbonyl (C=O) groups is 1. The minimum Gasteiger partial charge on any atom is -0.505 e. The normalized spacial score (nSPS) is 21.4. The molecule has 1 aliphatic rings. The van der Waals surface area contributed by atoms with Gasteiger partial charge in [0.05, 0.1) is 11.0 Å². The molecule has 1 fully saturated rings. The fourth-order valence-electron chi connectivity index (χ4n) is 5.40. The molecule has 0 saturated carbocycles. The van der Waals surface area contributed by atoms with Crippen LogP contribution in [0.5, 0.6) is 23.0 Å². The number of benzene rings is 3. The molecule has 0 radical (unpaired) electrons. The van der Waals surface area contributed by atoms with E-state index in [1.807, 2.05) is 31.2 Å². The zero-order chi connectivity index (χ0) is 33.3. The summed E-state index contributed by atoms with van der Waals surface area (Å²) in [5.74, 6) is 0.762. The molecule has 46 heavy (non-hydrogen) atoms. The summed E-state index contributed by atoms with van der Waals surface area (Å²) in [7, 11) is 1.38. The summed E-state index contributed by atoms with van der Waals surface area (Å²) in [5, 5.41) is 35.7. The number of aryl methyl sites for hydroxylation is 2.